The largest absolute Gasteiger partial charge is 0.319 e. The maximum absolute atomic E-state index is 11.6. The van der Waals surface area contributed by atoms with Crippen molar-refractivity contribution in [2.75, 3.05) is 0 Å². The molecule has 0 aliphatic rings. The molecule has 0 aliphatic carbocycles. The Morgan fingerprint density at radius 2 is 2.11 bits per heavy atom. The standard InChI is InChI=1S/C11H8ClN5O/c1-16-4-2-7(6-8(16)18)10-14-15-11-9(12)13-3-5-17(10)11/h2-6H,1H3. The van der Waals surface area contributed by atoms with Crippen molar-refractivity contribution in [3.63, 3.8) is 0 Å². The quantitative estimate of drug-likeness (QED) is 0.659. The highest BCUT2D eigenvalue weighted by atomic mass is 35.5. The molecule has 0 fully saturated rings. The van der Waals surface area contributed by atoms with E-state index in [0.29, 0.717) is 17.0 Å². The van der Waals surface area contributed by atoms with E-state index in [0.717, 1.165) is 0 Å². The van der Waals surface area contributed by atoms with Gasteiger partial charge in [0.2, 0.25) is 0 Å². The van der Waals surface area contributed by atoms with E-state index in [-0.39, 0.29) is 10.7 Å². The van der Waals surface area contributed by atoms with Crippen molar-refractivity contribution < 1.29 is 0 Å². The van der Waals surface area contributed by atoms with Gasteiger partial charge in [-0.3, -0.25) is 9.20 Å². The second kappa shape index (κ2) is 3.92. The van der Waals surface area contributed by atoms with Crippen molar-refractivity contribution in [1.82, 2.24) is 24.1 Å². The fourth-order valence-electron chi connectivity index (χ4n) is 1.68. The predicted molar refractivity (Wildman–Crippen MR) is 66.5 cm³/mol. The maximum Gasteiger partial charge on any atom is 0.250 e. The van der Waals surface area contributed by atoms with Gasteiger partial charge in [-0.25, -0.2) is 4.98 Å². The first-order chi connectivity index (χ1) is 8.66. The summed E-state index contributed by atoms with van der Waals surface area (Å²) in [6.45, 7) is 0. The van der Waals surface area contributed by atoms with Crippen LogP contribution in [0.15, 0.2) is 35.5 Å². The number of fused-ring (bicyclic) bond motifs is 1. The van der Waals surface area contributed by atoms with Crippen LogP contribution < -0.4 is 5.56 Å². The van der Waals surface area contributed by atoms with Crippen LogP contribution in [0.4, 0.5) is 0 Å². The van der Waals surface area contributed by atoms with Gasteiger partial charge in [0.25, 0.3) is 5.56 Å². The second-order valence-corrected chi connectivity index (χ2v) is 4.16. The van der Waals surface area contributed by atoms with Crippen molar-refractivity contribution in [3.05, 3.63) is 46.2 Å². The summed E-state index contributed by atoms with van der Waals surface area (Å²) in [5.41, 5.74) is 1.05. The fraction of sp³-hybridized carbons (Fsp3) is 0.0909. The summed E-state index contributed by atoms with van der Waals surface area (Å²) in [7, 11) is 1.69. The van der Waals surface area contributed by atoms with Crippen molar-refractivity contribution in [1.29, 1.82) is 0 Å². The lowest BCUT2D eigenvalue weighted by Gasteiger charge is -2.01. The van der Waals surface area contributed by atoms with Gasteiger partial charge in [0.05, 0.1) is 0 Å². The van der Waals surface area contributed by atoms with Crippen LogP contribution in [0.2, 0.25) is 5.15 Å². The minimum Gasteiger partial charge on any atom is -0.319 e. The van der Waals surface area contributed by atoms with Gasteiger partial charge in [-0.2, -0.15) is 0 Å². The zero-order valence-electron chi connectivity index (χ0n) is 9.41. The molecule has 3 heterocycles. The van der Waals surface area contributed by atoms with E-state index in [1.165, 1.54) is 10.6 Å². The predicted octanol–water partition coefficient (Wildman–Crippen LogP) is 1.14. The molecule has 0 bridgehead atoms. The molecule has 0 radical (unpaired) electrons. The smallest absolute Gasteiger partial charge is 0.250 e. The van der Waals surface area contributed by atoms with E-state index >= 15 is 0 Å². The summed E-state index contributed by atoms with van der Waals surface area (Å²) in [6.07, 6.45) is 4.94. The lowest BCUT2D eigenvalue weighted by molar-refractivity contribution is 0.860. The first kappa shape index (κ1) is 10.9. The van der Waals surface area contributed by atoms with Gasteiger partial charge in [-0.1, -0.05) is 11.6 Å². The Morgan fingerprint density at radius 1 is 1.28 bits per heavy atom. The van der Waals surface area contributed by atoms with Gasteiger partial charge >= 0.3 is 0 Å². The minimum absolute atomic E-state index is 0.107. The summed E-state index contributed by atoms with van der Waals surface area (Å²) < 4.78 is 3.19. The van der Waals surface area contributed by atoms with E-state index in [1.807, 2.05) is 0 Å². The molecule has 0 N–H and O–H groups in total. The van der Waals surface area contributed by atoms with Crippen LogP contribution in [-0.2, 0) is 7.05 Å². The van der Waals surface area contributed by atoms with E-state index < -0.39 is 0 Å². The van der Waals surface area contributed by atoms with Crippen molar-refractivity contribution >= 4 is 17.2 Å². The molecule has 0 spiro atoms. The Labute approximate surface area is 106 Å². The number of pyridine rings is 1. The highest BCUT2D eigenvalue weighted by Crippen LogP contribution is 2.19. The van der Waals surface area contributed by atoms with E-state index in [9.17, 15) is 4.79 Å². The zero-order chi connectivity index (χ0) is 12.7. The second-order valence-electron chi connectivity index (χ2n) is 3.80. The highest BCUT2D eigenvalue weighted by molar-refractivity contribution is 6.32. The lowest BCUT2D eigenvalue weighted by atomic mass is 10.2. The van der Waals surface area contributed by atoms with Crippen molar-refractivity contribution in [2.24, 2.45) is 7.05 Å². The normalized spacial score (nSPS) is 11.0. The fourth-order valence-corrected chi connectivity index (χ4v) is 1.87. The maximum atomic E-state index is 11.6. The van der Waals surface area contributed by atoms with Crippen molar-refractivity contribution in [3.8, 4) is 11.4 Å². The molecule has 0 unspecified atom stereocenters. The van der Waals surface area contributed by atoms with Crippen LogP contribution in [0, 0.1) is 0 Å². The van der Waals surface area contributed by atoms with Gasteiger partial charge in [0.15, 0.2) is 16.6 Å². The molecule has 0 amide bonds. The van der Waals surface area contributed by atoms with Crippen LogP contribution in [0.5, 0.6) is 0 Å². The Hall–Kier alpha value is -2.21. The number of aromatic nitrogens is 5. The molecule has 3 aromatic rings. The van der Waals surface area contributed by atoms with Gasteiger partial charge in [-0.15, -0.1) is 10.2 Å². The number of hydrogen-bond acceptors (Lipinski definition) is 4. The van der Waals surface area contributed by atoms with E-state index in [2.05, 4.69) is 15.2 Å². The Morgan fingerprint density at radius 3 is 2.89 bits per heavy atom. The summed E-state index contributed by atoms with van der Waals surface area (Å²) in [4.78, 5) is 15.5. The van der Waals surface area contributed by atoms with Gasteiger partial charge < -0.3 is 4.57 Å². The average Bonchev–Trinajstić information content (AvgIpc) is 2.78. The Bertz CT molecular complexity index is 791. The third-order valence-electron chi connectivity index (χ3n) is 2.65. The monoisotopic (exact) mass is 261 g/mol. The highest BCUT2D eigenvalue weighted by Gasteiger charge is 2.11. The molecule has 0 atom stereocenters. The van der Waals surface area contributed by atoms with Gasteiger partial charge in [-0.05, 0) is 6.07 Å². The third kappa shape index (κ3) is 1.58. The first-order valence-electron chi connectivity index (χ1n) is 5.19. The summed E-state index contributed by atoms with van der Waals surface area (Å²) >= 11 is 5.91. The molecule has 7 heteroatoms. The third-order valence-corrected chi connectivity index (χ3v) is 2.91. The molecule has 0 aliphatic heterocycles. The minimum atomic E-state index is -0.107. The van der Waals surface area contributed by atoms with Gasteiger partial charge in [0.1, 0.15) is 0 Å². The number of nitrogens with zero attached hydrogens (tertiary/aromatic N) is 5. The molecule has 6 nitrogen and oxygen atoms in total. The molecule has 0 saturated heterocycles. The number of aryl methyl sites for hydroxylation is 1. The van der Waals surface area contributed by atoms with Crippen molar-refractivity contribution in [2.45, 2.75) is 0 Å². The van der Waals surface area contributed by atoms with Crippen LogP contribution >= 0.6 is 11.6 Å². The lowest BCUT2D eigenvalue weighted by Crippen LogP contribution is -2.14. The summed E-state index contributed by atoms with van der Waals surface area (Å²) in [5, 5.41) is 8.27. The average molecular weight is 262 g/mol. The van der Waals surface area contributed by atoms with E-state index in [4.69, 9.17) is 11.6 Å². The molecule has 3 rings (SSSR count). The van der Waals surface area contributed by atoms with Crippen LogP contribution in [0.25, 0.3) is 17.0 Å². The number of halogens is 1. The summed E-state index contributed by atoms with van der Waals surface area (Å²) in [5.74, 6) is 0.562. The molecule has 90 valence electrons. The zero-order valence-corrected chi connectivity index (χ0v) is 10.2. The molecule has 18 heavy (non-hydrogen) atoms. The van der Waals surface area contributed by atoms with E-state index in [1.54, 1.807) is 36.1 Å². The topological polar surface area (TPSA) is 65.1 Å². The van der Waals surface area contributed by atoms with Crippen LogP contribution in [-0.4, -0.2) is 24.1 Å². The van der Waals surface area contributed by atoms with Crippen LogP contribution in [0.1, 0.15) is 0 Å². The Balaban J connectivity index is 2.29. The Kier molecular flexibility index (Phi) is 2.38. The number of hydrogen-bond donors (Lipinski definition) is 0. The molecule has 3 aromatic heterocycles. The number of rotatable bonds is 1. The molecular weight excluding hydrogens is 254 g/mol. The molecule has 0 saturated carbocycles. The SMILES string of the molecule is Cn1ccc(-c2nnc3c(Cl)nccn23)cc1=O. The summed E-state index contributed by atoms with van der Waals surface area (Å²) in [6, 6.07) is 3.30. The van der Waals surface area contributed by atoms with Crippen LogP contribution in [0.3, 0.4) is 0 Å². The molecular formula is C11H8ClN5O. The van der Waals surface area contributed by atoms with Gasteiger partial charge in [0, 0.05) is 37.3 Å². The first-order valence-corrected chi connectivity index (χ1v) is 5.57. The molecule has 0 aromatic carbocycles.